The summed E-state index contributed by atoms with van der Waals surface area (Å²) in [6.07, 6.45) is 0. The molecule has 214 valence electrons. The lowest BCUT2D eigenvalue weighted by Crippen LogP contribution is -1.91. The number of para-hydroxylation sites is 1. The largest absolute Gasteiger partial charge is 0.455 e. The van der Waals surface area contributed by atoms with Crippen molar-refractivity contribution in [2.45, 2.75) is 0 Å². The number of fused-ring (bicyclic) bond motifs is 8. The Hall–Kier alpha value is -5.70. The van der Waals surface area contributed by atoms with Crippen molar-refractivity contribution >= 4 is 75.7 Å². The third kappa shape index (κ3) is 3.68. The lowest BCUT2D eigenvalue weighted by molar-refractivity contribution is 0.670. The van der Waals surface area contributed by atoms with E-state index in [1.165, 1.54) is 74.9 Å². The summed E-state index contributed by atoms with van der Waals surface area (Å²) in [5, 5.41) is 11.1. The number of thiophene rings is 1. The van der Waals surface area contributed by atoms with Gasteiger partial charge in [-0.25, -0.2) is 0 Å². The van der Waals surface area contributed by atoms with Crippen molar-refractivity contribution in [3.63, 3.8) is 0 Å². The maximum absolute atomic E-state index is 6.84. The molecular weight excluding hydrogens is 577 g/mol. The van der Waals surface area contributed by atoms with E-state index in [0.717, 1.165) is 22.1 Å². The van der Waals surface area contributed by atoms with Gasteiger partial charge in [-0.05, 0) is 72.6 Å². The molecule has 0 bridgehead atoms. The maximum atomic E-state index is 6.84. The van der Waals surface area contributed by atoms with Gasteiger partial charge in [-0.1, -0.05) is 140 Å². The van der Waals surface area contributed by atoms with Gasteiger partial charge in [-0.15, -0.1) is 11.3 Å². The van der Waals surface area contributed by atoms with Crippen LogP contribution in [-0.4, -0.2) is 0 Å². The lowest BCUT2D eigenvalue weighted by Gasteiger charge is -2.18. The van der Waals surface area contributed by atoms with E-state index in [0.29, 0.717) is 0 Å². The molecule has 2 heterocycles. The highest BCUT2D eigenvalue weighted by atomic mass is 32.1. The van der Waals surface area contributed by atoms with Gasteiger partial charge in [0.2, 0.25) is 0 Å². The van der Waals surface area contributed by atoms with E-state index in [1.807, 2.05) is 11.3 Å². The molecule has 1 nitrogen and oxygen atoms in total. The number of hydrogen-bond acceptors (Lipinski definition) is 2. The summed E-state index contributed by atoms with van der Waals surface area (Å²) >= 11 is 1.85. The topological polar surface area (TPSA) is 13.1 Å². The Balaban J connectivity index is 1.30. The third-order valence-electron chi connectivity index (χ3n) is 9.46. The van der Waals surface area contributed by atoms with Gasteiger partial charge >= 0.3 is 0 Å². The number of hydrogen-bond donors (Lipinski definition) is 0. The highest BCUT2D eigenvalue weighted by Crippen LogP contribution is 2.49. The van der Waals surface area contributed by atoms with Crippen molar-refractivity contribution in [2.24, 2.45) is 0 Å². The van der Waals surface area contributed by atoms with Crippen LogP contribution in [0.15, 0.2) is 162 Å². The van der Waals surface area contributed by atoms with Gasteiger partial charge in [0.15, 0.2) is 0 Å². The summed E-state index contributed by atoms with van der Waals surface area (Å²) in [5.74, 6) is 0. The zero-order chi connectivity index (χ0) is 30.2. The fourth-order valence-electron chi connectivity index (χ4n) is 7.47. The van der Waals surface area contributed by atoms with Gasteiger partial charge in [0.1, 0.15) is 11.2 Å². The van der Waals surface area contributed by atoms with Crippen LogP contribution >= 0.6 is 11.3 Å². The minimum atomic E-state index is 0.928. The molecule has 10 rings (SSSR count). The van der Waals surface area contributed by atoms with Crippen molar-refractivity contribution in [3.05, 3.63) is 158 Å². The van der Waals surface area contributed by atoms with Crippen LogP contribution < -0.4 is 0 Å². The summed E-state index contributed by atoms with van der Waals surface area (Å²) in [7, 11) is 0. The third-order valence-corrected chi connectivity index (χ3v) is 10.7. The Morgan fingerprint density at radius 3 is 1.72 bits per heavy atom. The molecule has 0 N–H and O–H groups in total. The van der Waals surface area contributed by atoms with Gasteiger partial charge in [0, 0.05) is 31.5 Å². The van der Waals surface area contributed by atoms with Crippen LogP contribution in [-0.2, 0) is 0 Å². The Labute approximate surface area is 269 Å². The molecular formula is C44H26OS. The van der Waals surface area contributed by atoms with E-state index >= 15 is 0 Å². The van der Waals surface area contributed by atoms with Crippen LogP contribution in [0.3, 0.4) is 0 Å². The first-order valence-electron chi connectivity index (χ1n) is 15.7. The molecule has 8 aromatic carbocycles. The van der Waals surface area contributed by atoms with Crippen LogP contribution in [0.2, 0.25) is 0 Å². The second-order valence-corrected chi connectivity index (χ2v) is 13.0. The van der Waals surface area contributed by atoms with E-state index < -0.39 is 0 Å². The summed E-state index contributed by atoms with van der Waals surface area (Å²) in [6.45, 7) is 0. The smallest absolute Gasteiger partial charge is 0.143 e. The van der Waals surface area contributed by atoms with Crippen molar-refractivity contribution in [1.29, 1.82) is 0 Å². The molecule has 0 unspecified atom stereocenters. The fourth-order valence-corrected chi connectivity index (χ4v) is 8.69. The molecule has 0 aliphatic carbocycles. The minimum absolute atomic E-state index is 0.928. The Morgan fingerprint density at radius 2 is 0.978 bits per heavy atom. The van der Waals surface area contributed by atoms with E-state index in [4.69, 9.17) is 4.42 Å². The number of benzene rings is 8. The first-order chi connectivity index (χ1) is 22.8. The molecule has 0 atom stereocenters. The molecule has 0 saturated heterocycles. The van der Waals surface area contributed by atoms with E-state index in [2.05, 4.69) is 158 Å². The molecule has 0 aliphatic heterocycles. The standard InChI is InChI=1S/C44H26OS/c1-2-13-28(14-3-1)39-26-29-24-25-38-42(44(29)46-39)37-23-11-22-36(43(37)45-38)41-34-19-8-6-17-32(34)40(33-18-7-9-20-35(33)41)31-21-10-15-27-12-4-5-16-30(27)31/h1-26H. The van der Waals surface area contributed by atoms with Gasteiger partial charge < -0.3 is 4.42 Å². The Bertz CT molecular complexity index is 2740. The molecule has 0 radical (unpaired) electrons. The van der Waals surface area contributed by atoms with Gasteiger partial charge in [0.05, 0.1) is 0 Å². The maximum Gasteiger partial charge on any atom is 0.143 e. The van der Waals surface area contributed by atoms with Crippen LogP contribution in [0, 0.1) is 0 Å². The van der Waals surface area contributed by atoms with E-state index in [9.17, 15) is 0 Å². The van der Waals surface area contributed by atoms with Crippen molar-refractivity contribution in [1.82, 2.24) is 0 Å². The summed E-state index contributed by atoms with van der Waals surface area (Å²) in [6, 6.07) is 57.1. The molecule has 0 saturated carbocycles. The molecule has 2 heteroatoms. The molecule has 10 aromatic rings. The molecule has 0 fully saturated rings. The molecule has 0 aliphatic rings. The highest BCUT2D eigenvalue weighted by molar-refractivity contribution is 7.23. The average molecular weight is 603 g/mol. The Morgan fingerprint density at radius 1 is 0.413 bits per heavy atom. The van der Waals surface area contributed by atoms with Crippen LogP contribution in [0.1, 0.15) is 0 Å². The zero-order valence-electron chi connectivity index (χ0n) is 24.8. The first-order valence-corrected chi connectivity index (χ1v) is 16.5. The van der Waals surface area contributed by atoms with Gasteiger partial charge in [0.25, 0.3) is 0 Å². The minimum Gasteiger partial charge on any atom is -0.455 e. The SMILES string of the molecule is c1ccc(-c2cc3ccc4oc5c(-c6c7ccccc7c(-c7cccc8ccccc78)c7ccccc67)cccc5c4c3s2)cc1. The zero-order valence-corrected chi connectivity index (χ0v) is 25.6. The predicted molar refractivity (Wildman–Crippen MR) is 198 cm³/mol. The fraction of sp³-hybridized carbons (Fsp3) is 0. The quantitative estimate of drug-likeness (QED) is 0.183. The van der Waals surface area contributed by atoms with Gasteiger partial charge in [-0.3, -0.25) is 0 Å². The van der Waals surface area contributed by atoms with Crippen LogP contribution in [0.5, 0.6) is 0 Å². The number of rotatable bonds is 3. The van der Waals surface area contributed by atoms with Crippen molar-refractivity contribution < 1.29 is 4.42 Å². The molecule has 46 heavy (non-hydrogen) atoms. The van der Waals surface area contributed by atoms with E-state index in [-0.39, 0.29) is 0 Å². The highest BCUT2D eigenvalue weighted by Gasteiger charge is 2.22. The van der Waals surface area contributed by atoms with Gasteiger partial charge in [-0.2, -0.15) is 0 Å². The normalized spacial score (nSPS) is 11.9. The van der Waals surface area contributed by atoms with E-state index in [1.54, 1.807) is 0 Å². The summed E-state index contributed by atoms with van der Waals surface area (Å²) < 4.78 is 8.11. The second-order valence-electron chi connectivity index (χ2n) is 12.0. The second kappa shape index (κ2) is 9.90. The Kier molecular flexibility index (Phi) is 5.51. The van der Waals surface area contributed by atoms with Crippen molar-refractivity contribution in [3.8, 4) is 32.7 Å². The summed E-state index contributed by atoms with van der Waals surface area (Å²) in [5.41, 5.74) is 7.98. The first kappa shape index (κ1) is 25.6. The number of furan rings is 1. The average Bonchev–Trinajstić information content (AvgIpc) is 3.73. The molecule has 0 amide bonds. The van der Waals surface area contributed by atoms with Crippen molar-refractivity contribution in [2.75, 3.05) is 0 Å². The summed E-state index contributed by atoms with van der Waals surface area (Å²) in [4.78, 5) is 1.27. The van der Waals surface area contributed by atoms with Crippen LogP contribution in [0.25, 0.3) is 97.0 Å². The predicted octanol–water partition coefficient (Wildman–Crippen LogP) is 13.3. The molecule has 2 aromatic heterocycles. The lowest BCUT2D eigenvalue weighted by atomic mass is 9.84. The molecule has 0 spiro atoms. The monoisotopic (exact) mass is 602 g/mol. The van der Waals surface area contributed by atoms with Crippen LogP contribution in [0.4, 0.5) is 0 Å².